The van der Waals surface area contributed by atoms with E-state index in [-0.39, 0.29) is 22.5 Å². The molecule has 182 valence electrons. The van der Waals surface area contributed by atoms with Crippen LogP contribution in [0.3, 0.4) is 0 Å². The Labute approximate surface area is 199 Å². The van der Waals surface area contributed by atoms with Gasteiger partial charge in [-0.15, -0.1) is 10.2 Å². The van der Waals surface area contributed by atoms with E-state index in [0.717, 1.165) is 12.0 Å². The maximum absolute atomic E-state index is 14.8. The SMILES string of the molecule is Cc1ccc(C2=C(c3nn[nH]n3)C(=O)NC(c3ccc(OCCC4CC4)cc3)(C(F)(F)F)C2)cc1. The summed E-state index contributed by atoms with van der Waals surface area (Å²) in [4.78, 5) is 13.2. The van der Waals surface area contributed by atoms with Crippen LogP contribution in [0, 0.1) is 12.8 Å². The maximum Gasteiger partial charge on any atom is 0.416 e. The molecule has 2 heterocycles. The number of ether oxygens (including phenoxy) is 1. The monoisotopic (exact) mass is 483 g/mol. The average molecular weight is 483 g/mol. The molecule has 1 aliphatic carbocycles. The van der Waals surface area contributed by atoms with Crippen LogP contribution in [-0.4, -0.2) is 39.3 Å². The number of halogens is 3. The second kappa shape index (κ2) is 8.83. The van der Waals surface area contributed by atoms with E-state index in [9.17, 15) is 18.0 Å². The number of alkyl halides is 3. The quantitative estimate of drug-likeness (QED) is 0.513. The van der Waals surface area contributed by atoms with E-state index < -0.39 is 24.0 Å². The molecule has 0 spiro atoms. The molecule has 1 amide bonds. The first-order valence-electron chi connectivity index (χ1n) is 11.4. The number of amides is 1. The number of nitrogens with zero attached hydrogens (tertiary/aromatic N) is 3. The van der Waals surface area contributed by atoms with Crippen LogP contribution in [0.15, 0.2) is 48.5 Å². The molecule has 2 aromatic carbocycles. The summed E-state index contributed by atoms with van der Waals surface area (Å²) in [5.41, 5.74) is -1.14. The highest BCUT2D eigenvalue weighted by atomic mass is 19.4. The number of aromatic nitrogens is 4. The number of aryl methyl sites for hydroxylation is 1. The van der Waals surface area contributed by atoms with Gasteiger partial charge in [0.25, 0.3) is 5.91 Å². The van der Waals surface area contributed by atoms with Crippen LogP contribution < -0.4 is 10.1 Å². The fraction of sp³-hybridized carbons (Fsp3) is 0.360. The van der Waals surface area contributed by atoms with Gasteiger partial charge in [-0.1, -0.05) is 54.8 Å². The molecule has 3 aromatic rings. The minimum atomic E-state index is -4.78. The third-order valence-electron chi connectivity index (χ3n) is 6.59. The Hall–Kier alpha value is -3.69. The lowest BCUT2D eigenvalue weighted by atomic mass is 9.76. The van der Waals surface area contributed by atoms with Gasteiger partial charge >= 0.3 is 6.18 Å². The van der Waals surface area contributed by atoms with E-state index in [1.165, 1.54) is 37.1 Å². The fourth-order valence-corrected chi connectivity index (χ4v) is 4.39. The minimum Gasteiger partial charge on any atom is -0.494 e. The first-order valence-corrected chi connectivity index (χ1v) is 11.4. The standard InChI is InChI=1S/C25H24F3N5O2/c1-15-2-6-17(7-3-15)20-14-24(25(26,27)28,29-23(34)21(20)22-30-32-33-31-22)18-8-10-19(11-9-18)35-13-12-16-4-5-16/h2-3,6-11,16H,4-5,12-14H2,1H3,(H,29,34)(H,30,31,32,33). The number of rotatable bonds is 7. The van der Waals surface area contributed by atoms with Gasteiger partial charge in [-0.2, -0.15) is 18.4 Å². The fourth-order valence-electron chi connectivity index (χ4n) is 4.39. The highest BCUT2D eigenvalue weighted by Gasteiger charge is 2.59. The summed E-state index contributed by atoms with van der Waals surface area (Å²) in [6.07, 6.45) is -1.96. The summed E-state index contributed by atoms with van der Waals surface area (Å²) >= 11 is 0. The van der Waals surface area contributed by atoms with Crippen molar-refractivity contribution in [2.45, 2.75) is 44.3 Å². The number of tetrazole rings is 1. The highest BCUT2D eigenvalue weighted by molar-refractivity contribution is 6.27. The Morgan fingerprint density at radius 2 is 1.80 bits per heavy atom. The molecule has 0 radical (unpaired) electrons. The summed E-state index contributed by atoms with van der Waals surface area (Å²) in [7, 11) is 0. The lowest BCUT2D eigenvalue weighted by molar-refractivity contribution is -0.201. The molecule has 5 rings (SSSR count). The van der Waals surface area contributed by atoms with Crippen molar-refractivity contribution in [2.24, 2.45) is 5.92 Å². The number of benzene rings is 2. The summed E-state index contributed by atoms with van der Waals surface area (Å²) in [6, 6.07) is 12.7. The summed E-state index contributed by atoms with van der Waals surface area (Å²) < 4.78 is 50.0. The summed E-state index contributed by atoms with van der Waals surface area (Å²) in [6.45, 7) is 2.40. The zero-order valence-corrected chi connectivity index (χ0v) is 19.0. The van der Waals surface area contributed by atoms with Crippen molar-refractivity contribution in [2.75, 3.05) is 6.61 Å². The number of H-pyrrole nitrogens is 1. The number of carbonyl (C=O) groups excluding carboxylic acids is 1. The second-order valence-corrected chi connectivity index (χ2v) is 9.09. The zero-order valence-electron chi connectivity index (χ0n) is 19.0. The van der Waals surface area contributed by atoms with Crippen molar-refractivity contribution in [1.82, 2.24) is 25.9 Å². The Bertz CT molecular complexity index is 1230. The van der Waals surface area contributed by atoms with Crippen molar-refractivity contribution in [1.29, 1.82) is 0 Å². The van der Waals surface area contributed by atoms with Gasteiger partial charge in [-0.3, -0.25) is 4.79 Å². The van der Waals surface area contributed by atoms with E-state index in [1.807, 2.05) is 6.92 Å². The molecule has 35 heavy (non-hydrogen) atoms. The van der Waals surface area contributed by atoms with Crippen LogP contribution >= 0.6 is 0 Å². The molecule has 2 N–H and O–H groups in total. The normalized spacial score (nSPS) is 20.6. The van der Waals surface area contributed by atoms with E-state index in [2.05, 4.69) is 25.9 Å². The third kappa shape index (κ3) is 4.52. The van der Waals surface area contributed by atoms with Gasteiger partial charge in [-0.25, -0.2) is 0 Å². The van der Waals surface area contributed by atoms with Crippen LogP contribution in [0.2, 0.25) is 0 Å². The Kier molecular flexibility index (Phi) is 5.82. The smallest absolute Gasteiger partial charge is 0.416 e. The number of hydrogen-bond donors (Lipinski definition) is 2. The molecule has 0 bridgehead atoms. The number of hydrogen-bond acceptors (Lipinski definition) is 5. The molecule has 1 saturated carbocycles. The lowest BCUT2D eigenvalue weighted by Crippen LogP contribution is -2.58. The molecule has 1 aliphatic heterocycles. The molecule has 1 aromatic heterocycles. The zero-order chi connectivity index (χ0) is 24.6. The molecular weight excluding hydrogens is 459 g/mol. The Morgan fingerprint density at radius 3 is 2.40 bits per heavy atom. The van der Waals surface area contributed by atoms with Crippen LogP contribution in [0.4, 0.5) is 13.2 Å². The van der Waals surface area contributed by atoms with Crippen LogP contribution in [0.5, 0.6) is 5.75 Å². The predicted molar refractivity (Wildman–Crippen MR) is 122 cm³/mol. The Balaban J connectivity index is 1.55. The topological polar surface area (TPSA) is 92.8 Å². The average Bonchev–Trinajstić information content (AvgIpc) is 3.49. The van der Waals surface area contributed by atoms with Crippen molar-refractivity contribution in [3.63, 3.8) is 0 Å². The summed E-state index contributed by atoms with van der Waals surface area (Å²) in [5, 5.41) is 15.7. The molecular formula is C25H24F3N5O2. The van der Waals surface area contributed by atoms with Gasteiger partial charge in [0.05, 0.1) is 12.2 Å². The molecule has 1 atom stereocenters. The van der Waals surface area contributed by atoms with Gasteiger partial charge in [0.1, 0.15) is 5.75 Å². The third-order valence-corrected chi connectivity index (χ3v) is 6.59. The van der Waals surface area contributed by atoms with Crippen molar-refractivity contribution in [3.8, 4) is 5.75 Å². The molecule has 1 unspecified atom stereocenters. The van der Waals surface area contributed by atoms with Crippen molar-refractivity contribution in [3.05, 3.63) is 71.0 Å². The number of aromatic amines is 1. The first kappa shape index (κ1) is 23.1. The first-order chi connectivity index (χ1) is 16.8. The van der Waals surface area contributed by atoms with Gasteiger partial charge in [0.2, 0.25) is 5.82 Å². The summed E-state index contributed by atoms with van der Waals surface area (Å²) in [5.74, 6) is 0.208. The predicted octanol–water partition coefficient (Wildman–Crippen LogP) is 4.58. The Morgan fingerprint density at radius 1 is 1.09 bits per heavy atom. The van der Waals surface area contributed by atoms with E-state index >= 15 is 0 Å². The number of carbonyl (C=O) groups is 1. The van der Waals surface area contributed by atoms with Crippen LogP contribution in [0.25, 0.3) is 11.1 Å². The van der Waals surface area contributed by atoms with Crippen LogP contribution in [-0.2, 0) is 10.3 Å². The molecule has 0 saturated heterocycles. The van der Waals surface area contributed by atoms with Gasteiger partial charge < -0.3 is 10.1 Å². The minimum absolute atomic E-state index is 0.0393. The second-order valence-electron chi connectivity index (χ2n) is 9.09. The van der Waals surface area contributed by atoms with Crippen molar-refractivity contribution < 1.29 is 22.7 Å². The highest BCUT2D eigenvalue weighted by Crippen LogP contribution is 2.49. The van der Waals surface area contributed by atoms with E-state index in [1.54, 1.807) is 24.3 Å². The molecule has 7 nitrogen and oxygen atoms in total. The molecule has 1 fully saturated rings. The molecule has 2 aliphatic rings. The maximum atomic E-state index is 14.8. The van der Waals surface area contributed by atoms with Crippen molar-refractivity contribution >= 4 is 17.1 Å². The molecule has 10 heteroatoms. The van der Waals surface area contributed by atoms with Gasteiger partial charge in [-0.05, 0) is 53.3 Å². The van der Waals surface area contributed by atoms with Gasteiger partial charge in [0, 0.05) is 6.42 Å². The van der Waals surface area contributed by atoms with E-state index in [4.69, 9.17) is 4.74 Å². The lowest BCUT2D eigenvalue weighted by Gasteiger charge is -2.41. The number of nitrogens with one attached hydrogen (secondary N) is 2. The van der Waals surface area contributed by atoms with Crippen LogP contribution in [0.1, 0.15) is 48.2 Å². The largest absolute Gasteiger partial charge is 0.494 e. The van der Waals surface area contributed by atoms with E-state index in [0.29, 0.717) is 23.8 Å². The van der Waals surface area contributed by atoms with Gasteiger partial charge in [0.15, 0.2) is 5.54 Å².